The van der Waals surface area contributed by atoms with Gasteiger partial charge in [0.25, 0.3) is 0 Å². The van der Waals surface area contributed by atoms with Gasteiger partial charge < -0.3 is 9.15 Å². The lowest BCUT2D eigenvalue weighted by Crippen LogP contribution is -2.16. The van der Waals surface area contributed by atoms with E-state index < -0.39 is 5.91 Å². The lowest BCUT2D eigenvalue weighted by atomic mass is 10.3. The van der Waals surface area contributed by atoms with Crippen LogP contribution >= 0.6 is 11.3 Å². The van der Waals surface area contributed by atoms with Crippen molar-refractivity contribution < 1.29 is 22.7 Å². The molecule has 2 heterocycles. The number of hydrogen-bond acceptors (Lipinski definition) is 5. The third kappa shape index (κ3) is 4.74. The van der Waals surface area contributed by atoms with Gasteiger partial charge in [0.2, 0.25) is 0 Å². The summed E-state index contributed by atoms with van der Waals surface area (Å²) in [7, 11) is 0. The van der Waals surface area contributed by atoms with E-state index >= 15 is 0 Å². The average molecular weight is 362 g/mol. The number of amides is 1. The van der Waals surface area contributed by atoms with Crippen molar-refractivity contribution in [2.45, 2.75) is 6.61 Å². The van der Waals surface area contributed by atoms with Crippen molar-refractivity contribution in [1.29, 1.82) is 0 Å². The summed E-state index contributed by atoms with van der Waals surface area (Å²) in [5.41, 5.74) is 2.29. The molecule has 25 heavy (non-hydrogen) atoms. The molecule has 0 atom stereocenters. The Morgan fingerprint density at radius 2 is 1.96 bits per heavy atom. The molecule has 0 aliphatic heterocycles. The van der Waals surface area contributed by atoms with Crippen molar-refractivity contribution in [1.82, 2.24) is 5.43 Å². The third-order valence-corrected chi connectivity index (χ3v) is 3.84. The summed E-state index contributed by atoms with van der Waals surface area (Å²) >= 11 is 0.914. The summed E-state index contributed by atoms with van der Waals surface area (Å²) in [6.07, 6.45) is 1.34. The highest BCUT2D eigenvalue weighted by molar-refractivity contribution is 7.12. The molecule has 8 heteroatoms. The fourth-order valence-corrected chi connectivity index (χ4v) is 2.47. The quantitative estimate of drug-likeness (QED) is 0.533. The molecule has 0 radical (unpaired) electrons. The molecule has 0 spiro atoms. The summed E-state index contributed by atoms with van der Waals surface area (Å²) in [6, 6.07) is 11.5. The standard InChI is InChI=1S/C17H12F2N2O3S/c18-11-1-3-12(4-2-11)23-10-13-5-7-15(24-13)17(22)21-20-9-14-6-8-16(19)25-14/h1-9H,10H2,(H,21,22)/b20-9+. The third-order valence-electron chi connectivity index (χ3n) is 3.03. The highest BCUT2D eigenvalue weighted by atomic mass is 32.1. The van der Waals surface area contributed by atoms with E-state index in [-0.39, 0.29) is 23.3 Å². The molecule has 2 aromatic heterocycles. The fraction of sp³-hybridized carbons (Fsp3) is 0.0588. The monoisotopic (exact) mass is 362 g/mol. The highest BCUT2D eigenvalue weighted by Gasteiger charge is 2.11. The summed E-state index contributed by atoms with van der Waals surface area (Å²) < 4.78 is 36.4. The van der Waals surface area contributed by atoms with Crippen LogP contribution in [0.4, 0.5) is 8.78 Å². The van der Waals surface area contributed by atoms with Gasteiger partial charge in [-0.2, -0.15) is 9.49 Å². The first-order valence-corrected chi connectivity index (χ1v) is 7.97. The minimum atomic E-state index is -0.540. The Kier molecular flexibility index (Phi) is 5.20. The number of halogens is 2. The Morgan fingerprint density at radius 1 is 1.16 bits per heavy atom. The van der Waals surface area contributed by atoms with Crippen LogP contribution < -0.4 is 10.2 Å². The lowest BCUT2D eigenvalue weighted by Gasteiger charge is -2.03. The number of hydrazone groups is 1. The van der Waals surface area contributed by atoms with Crippen molar-refractivity contribution >= 4 is 23.5 Å². The molecule has 1 N–H and O–H groups in total. The van der Waals surface area contributed by atoms with Crippen LogP contribution in [-0.2, 0) is 6.61 Å². The lowest BCUT2D eigenvalue weighted by molar-refractivity contribution is 0.0923. The molecule has 0 saturated heterocycles. The second kappa shape index (κ2) is 7.71. The molecular weight excluding hydrogens is 350 g/mol. The number of ether oxygens (including phenoxy) is 1. The normalized spacial score (nSPS) is 11.0. The second-order valence-corrected chi connectivity index (χ2v) is 5.92. The number of benzene rings is 1. The van der Waals surface area contributed by atoms with Crippen LogP contribution in [0.15, 0.2) is 58.0 Å². The Hall–Kier alpha value is -3.00. The molecule has 128 valence electrons. The van der Waals surface area contributed by atoms with E-state index in [2.05, 4.69) is 10.5 Å². The van der Waals surface area contributed by atoms with Crippen molar-refractivity contribution in [3.8, 4) is 5.75 Å². The number of furan rings is 1. The Balaban J connectivity index is 1.52. The van der Waals surface area contributed by atoms with Crippen LogP contribution in [0.5, 0.6) is 5.75 Å². The van der Waals surface area contributed by atoms with Gasteiger partial charge in [-0.1, -0.05) is 0 Å². The van der Waals surface area contributed by atoms with E-state index in [1.807, 2.05) is 0 Å². The molecule has 0 aliphatic carbocycles. The maximum Gasteiger partial charge on any atom is 0.307 e. The van der Waals surface area contributed by atoms with Gasteiger partial charge in [0.05, 0.1) is 11.1 Å². The van der Waals surface area contributed by atoms with E-state index in [0.29, 0.717) is 16.4 Å². The molecule has 1 amide bonds. The number of carbonyl (C=O) groups excluding carboxylic acids is 1. The zero-order chi connectivity index (χ0) is 17.6. The minimum absolute atomic E-state index is 0.0622. The Morgan fingerprint density at radius 3 is 2.68 bits per heavy atom. The summed E-state index contributed by atoms with van der Waals surface area (Å²) in [4.78, 5) is 12.5. The second-order valence-electron chi connectivity index (χ2n) is 4.85. The number of nitrogens with zero attached hydrogens (tertiary/aromatic N) is 1. The van der Waals surface area contributed by atoms with Crippen LogP contribution in [0.3, 0.4) is 0 Å². The predicted octanol–water partition coefficient (Wildman–Crippen LogP) is 3.96. The molecule has 3 aromatic rings. The van der Waals surface area contributed by atoms with Crippen LogP contribution in [0.2, 0.25) is 0 Å². The SMILES string of the molecule is O=C(N/N=C/c1ccc(F)s1)c1ccc(COc2ccc(F)cc2)o1. The molecule has 0 bridgehead atoms. The van der Waals surface area contributed by atoms with Crippen LogP contribution in [0, 0.1) is 10.9 Å². The van der Waals surface area contributed by atoms with Crippen LogP contribution in [0.1, 0.15) is 21.2 Å². The van der Waals surface area contributed by atoms with E-state index in [4.69, 9.17) is 9.15 Å². The minimum Gasteiger partial charge on any atom is -0.486 e. The van der Waals surface area contributed by atoms with Gasteiger partial charge in [-0.05, 0) is 48.5 Å². The van der Waals surface area contributed by atoms with Gasteiger partial charge >= 0.3 is 5.91 Å². The first-order chi connectivity index (χ1) is 12.1. The van der Waals surface area contributed by atoms with Gasteiger partial charge in [0.15, 0.2) is 10.9 Å². The first kappa shape index (κ1) is 16.8. The number of hydrogen-bond donors (Lipinski definition) is 1. The van der Waals surface area contributed by atoms with Crippen molar-refractivity contribution in [3.05, 3.63) is 75.9 Å². The van der Waals surface area contributed by atoms with Gasteiger partial charge in [-0.25, -0.2) is 9.82 Å². The summed E-state index contributed by atoms with van der Waals surface area (Å²) in [6.45, 7) is 0.0939. The van der Waals surface area contributed by atoms with E-state index in [9.17, 15) is 13.6 Å². The average Bonchev–Trinajstić information content (AvgIpc) is 3.23. The smallest absolute Gasteiger partial charge is 0.307 e. The summed E-state index contributed by atoms with van der Waals surface area (Å²) in [5, 5.41) is 3.41. The van der Waals surface area contributed by atoms with Crippen molar-refractivity contribution in [2.75, 3.05) is 0 Å². The molecule has 0 unspecified atom stereocenters. The molecule has 5 nitrogen and oxygen atoms in total. The number of thiophene rings is 1. The molecular formula is C17H12F2N2O3S. The molecule has 1 aromatic carbocycles. The fourth-order valence-electron chi connectivity index (χ4n) is 1.87. The number of carbonyl (C=O) groups is 1. The van der Waals surface area contributed by atoms with Crippen LogP contribution in [0.25, 0.3) is 0 Å². The molecule has 0 fully saturated rings. The zero-order valence-electron chi connectivity index (χ0n) is 12.7. The van der Waals surface area contributed by atoms with Crippen molar-refractivity contribution in [3.63, 3.8) is 0 Å². The van der Waals surface area contributed by atoms with E-state index in [1.54, 1.807) is 12.1 Å². The highest BCUT2D eigenvalue weighted by Crippen LogP contribution is 2.15. The predicted molar refractivity (Wildman–Crippen MR) is 88.8 cm³/mol. The van der Waals surface area contributed by atoms with E-state index in [1.165, 1.54) is 42.6 Å². The molecule has 0 saturated carbocycles. The van der Waals surface area contributed by atoms with Gasteiger partial charge in [0, 0.05) is 0 Å². The van der Waals surface area contributed by atoms with Crippen molar-refractivity contribution in [2.24, 2.45) is 5.10 Å². The Labute approximate surface area is 145 Å². The zero-order valence-corrected chi connectivity index (χ0v) is 13.6. The van der Waals surface area contributed by atoms with Crippen LogP contribution in [-0.4, -0.2) is 12.1 Å². The first-order valence-electron chi connectivity index (χ1n) is 7.16. The molecule has 0 aliphatic rings. The van der Waals surface area contributed by atoms with E-state index in [0.717, 1.165) is 11.3 Å². The van der Waals surface area contributed by atoms with Gasteiger partial charge in [0.1, 0.15) is 23.9 Å². The topological polar surface area (TPSA) is 63.8 Å². The largest absolute Gasteiger partial charge is 0.486 e. The van der Waals surface area contributed by atoms with Gasteiger partial charge in [-0.3, -0.25) is 4.79 Å². The maximum atomic E-state index is 12.8. The maximum absolute atomic E-state index is 12.8. The van der Waals surface area contributed by atoms with Gasteiger partial charge in [-0.15, -0.1) is 11.3 Å². The number of rotatable bonds is 6. The molecule has 3 rings (SSSR count). The summed E-state index contributed by atoms with van der Waals surface area (Å²) in [5.74, 6) is 0.0824. The Bertz CT molecular complexity index is 887. The number of nitrogens with one attached hydrogen (secondary N) is 1.